The summed E-state index contributed by atoms with van der Waals surface area (Å²) in [4.78, 5) is 14.2. The van der Waals surface area contributed by atoms with Crippen LogP contribution in [0.1, 0.15) is 23.1 Å². The smallest absolute Gasteiger partial charge is 0.148 e. The molecular formula is C18H14ClFN6. The quantitative estimate of drug-likeness (QED) is 0.551. The van der Waals surface area contributed by atoms with Crippen LogP contribution in [0.4, 0.5) is 10.2 Å². The maximum Gasteiger partial charge on any atom is 0.148 e. The molecule has 0 unspecified atom stereocenters. The van der Waals surface area contributed by atoms with Crippen LogP contribution in [0.25, 0.3) is 5.52 Å². The Labute approximate surface area is 153 Å². The number of fused-ring (bicyclic) bond motifs is 2. The normalized spacial score (nSPS) is 16.8. The molecule has 0 spiro atoms. The zero-order valence-electron chi connectivity index (χ0n) is 13.6. The second kappa shape index (κ2) is 5.81. The van der Waals surface area contributed by atoms with Gasteiger partial charge in [0, 0.05) is 24.9 Å². The molecule has 0 radical (unpaired) electrons. The Kier molecular flexibility index (Phi) is 3.43. The van der Waals surface area contributed by atoms with E-state index in [1.54, 1.807) is 35.2 Å². The van der Waals surface area contributed by atoms with Gasteiger partial charge in [-0.25, -0.2) is 18.9 Å². The van der Waals surface area contributed by atoms with Gasteiger partial charge in [-0.1, -0.05) is 17.7 Å². The number of H-pyrrole nitrogens is 1. The Morgan fingerprint density at radius 1 is 1.23 bits per heavy atom. The average Bonchev–Trinajstić information content (AvgIpc) is 3.28. The highest BCUT2D eigenvalue weighted by Crippen LogP contribution is 2.36. The molecular weight excluding hydrogens is 355 g/mol. The lowest BCUT2D eigenvalue weighted by Crippen LogP contribution is -2.37. The van der Waals surface area contributed by atoms with Gasteiger partial charge in [0.05, 0.1) is 17.7 Å². The third-order valence-corrected chi connectivity index (χ3v) is 4.88. The molecule has 4 aromatic heterocycles. The van der Waals surface area contributed by atoms with Gasteiger partial charge in [-0.05, 0) is 30.3 Å². The summed E-state index contributed by atoms with van der Waals surface area (Å²) in [6.45, 7) is 0.726. The Bertz CT molecular complexity index is 1100. The summed E-state index contributed by atoms with van der Waals surface area (Å²) in [6, 6.07) is 10.1. The van der Waals surface area contributed by atoms with Crippen molar-refractivity contribution in [3.63, 3.8) is 0 Å². The average molecular weight is 369 g/mol. The van der Waals surface area contributed by atoms with Crippen molar-refractivity contribution >= 4 is 22.9 Å². The molecule has 0 bridgehead atoms. The highest BCUT2D eigenvalue weighted by atomic mass is 35.5. The lowest BCUT2D eigenvalue weighted by Gasteiger charge is -2.34. The number of imidazole rings is 1. The number of pyridine rings is 2. The molecule has 130 valence electrons. The van der Waals surface area contributed by atoms with Crippen LogP contribution in [0.15, 0.2) is 48.9 Å². The van der Waals surface area contributed by atoms with Crippen molar-refractivity contribution in [2.75, 3.05) is 11.4 Å². The Balaban J connectivity index is 1.69. The van der Waals surface area contributed by atoms with E-state index in [2.05, 4.69) is 25.0 Å². The van der Waals surface area contributed by atoms with Gasteiger partial charge in [0.1, 0.15) is 28.3 Å². The standard InChI is InChI=1S/C18H14ClFN6/c19-15-4-1-5-16(23-15)25-8-6-12-17(22-10-21-12)18(25)13-9-14-11(20)3-2-7-26(14)24-13/h1-5,7,9-10,18H,6,8H2,(H,21,22)/t18-/m1/s1. The number of nitrogens with one attached hydrogen (secondary N) is 1. The van der Waals surface area contributed by atoms with Crippen LogP contribution < -0.4 is 4.90 Å². The molecule has 1 aliphatic heterocycles. The Hall–Kier alpha value is -2.93. The number of hydrogen-bond donors (Lipinski definition) is 1. The molecule has 5 heterocycles. The first kappa shape index (κ1) is 15.3. The molecule has 4 aromatic rings. The third kappa shape index (κ3) is 2.35. The fraction of sp³-hybridized carbons (Fsp3) is 0.167. The van der Waals surface area contributed by atoms with Crippen molar-refractivity contribution in [2.45, 2.75) is 12.5 Å². The van der Waals surface area contributed by atoms with Gasteiger partial charge in [0.2, 0.25) is 0 Å². The van der Waals surface area contributed by atoms with Gasteiger partial charge in [0.15, 0.2) is 0 Å². The van der Waals surface area contributed by atoms with E-state index < -0.39 is 0 Å². The van der Waals surface area contributed by atoms with E-state index in [9.17, 15) is 4.39 Å². The first-order valence-corrected chi connectivity index (χ1v) is 8.63. The molecule has 0 aliphatic carbocycles. The van der Waals surface area contributed by atoms with E-state index in [1.807, 2.05) is 12.1 Å². The SMILES string of the molecule is Fc1cccn2nc([C@@H]3c4nc[nH]c4CCN3c3cccc(Cl)n3)cc12. The Morgan fingerprint density at radius 3 is 3.00 bits per heavy atom. The van der Waals surface area contributed by atoms with E-state index >= 15 is 0 Å². The van der Waals surface area contributed by atoms with Gasteiger partial charge in [-0.2, -0.15) is 5.10 Å². The largest absolute Gasteiger partial charge is 0.348 e. The summed E-state index contributed by atoms with van der Waals surface area (Å²) in [5.41, 5.74) is 3.08. The highest BCUT2D eigenvalue weighted by Gasteiger charge is 2.34. The van der Waals surface area contributed by atoms with Crippen molar-refractivity contribution in [2.24, 2.45) is 0 Å². The van der Waals surface area contributed by atoms with Crippen LogP contribution in [-0.2, 0) is 6.42 Å². The molecule has 1 N–H and O–H groups in total. The van der Waals surface area contributed by atoms with Gasteiger partial charge in [-0.3, -0.25) is 0 Å². The minimum atomic E-state index is -0.309. The van der Waals surface area contributed by atoms with E-state index in [4.69, 9.17) is 11.6 Å². The zero-order valence-corrected chi connectivity index (χ0v) is 14.4. The van der Waals surface area contributed by atoms with Crippen LogP contribution in [-0.4, -0.2) is 31.1 Å². The molecule has 6 nitrogen and oxygen atoms in total. The van der Waals surface area contributed by atoms with E-state index in [-0.39, 0.29) is 11.9 Å². The van der Waals surface area contributed by atoms with Crippen molar-refractivity contribution in [1.82, 2.24) is 24.6 Å². The molecule has 0 saturated heterocycles. The maximum atomic E-state index is 14.1. The molecule has 0 saturated carbocycles. The summed E-state index contributed by atoms with van der Waals surface area (Å²) in [5, 5.41) is 5.02. The lowest BCUT2D eigenvalue weighted by molar-refractivity contribution is 0.609. The number of halogens is 2. The third-order valence-electron chi connectivity index (χ3n) is 4.67. The van der Waals surface area contributed by atoms with E-state index in [0.717, 1.165) is 30.2 Å². The predicted octanol–water partition coefficient (Wildman–Crippen LogP) is 3.40. The molecule has 0 aromatic carbocycles. The fourth-order valence-electron chi connectivity index (χ4n) is 3.51. The van der Waals surface area contributed by atoms with Crippen LogP contribution in [0, 0.1) is 5.82 Å². The number of hydrogen-bond acceptors (Lipinski definition) is 4. The minimum Gasteiger partial charge on any atom is -0.348 e. The molecule has 0 amide bonds. The van der Waals surface area contributed by atoms with E-state index in [0.29, 0.717) is 16.4 Å². The van der Waals surface area contributed by atoms with E-state index in [1.165, 1.54) is 6.07 Å². The topological polar surface area (TPSA) is 62.1 Å². The van der Waals surface area contributed by atoms with Gasteiger partial charge < -0.3 is 9.88 Å². The number of aromatic amines is 1. The van der Waals surface area contributed by atoms with Crippen molar-refractivity contribution in [3.8, 4) is 0 Å². The van der Waals surface area contributed by atoms with Crippen LogP contribution in [0.3, 0.4) is 0 Å². The monoisotopic (exact) mass is 368 g/mol. The summed E-state index contributed by atoms with van der Waals surface area (Å²) < 4.78 is 15.7. The van der Waals surface area contributed by atoms with Crippen LogP contribution in [0.2, 0.25) is 5.15 Å². The summed E-state index contributed by atoms with van der Waals surface area (Å²) in [7, 11) is 0. The minimum absolute atomic E-state index is 0.268. The first-order chi connectivity index (χ1) is 12.7. The van der Waals surface area contributed by atoms with Crippen molar-refractivity contribution in [3.05, 3.63) is 77.0 Å². The highest BCUT2D eigenvalue weighted by molar-refractivity contribution is 6.29. The maximum absolute atomic E-state index is 14.1. The number of aromatic nitrogens is 5. The lowest BCUT2D eigenvalue weighted by atomic mass is 9.99. The molecule has 5 rings (SSSR count). The van der Waals surface area contributed by atoms with Crippen molar-refractivity contribution in [1.29, 1.82) is 0 Å². The number of nitrogens with zero attached hydrogens (tertiary/aromatic N) is 5. The zero-order chi connectivity index (χ0) is 17.7. The first-order valence-electron chi connectivity index (χ1n) is 8.26. The molecule has 8 heteroatoms. The van der Waals surface area contributed by atoms with Crippen LogP contribution in [0.5, 0.6) is 0 Å². The predicted molar refractivity (Wildman–Crippen MR) is 95.9 cm³/mol. The second-order valence-corrected chi connectivity index (χ2v) is 6.57. The number of rotatable bonds is 2. The van der Waals surface area contributed by atoms with Gasteiger partial charge in [-0.15, -0.1) is 0 Å². The van der Waals surface area contributed by atoms with Crippen LogP contribution >= 0.6 is 11.6 Å². The summed E-state index contributed by atoms with van der Waals surface area (Å²) in [5.74, 6) is 0.436. The molecule has 1 aliphatic rings. The molecule has 1 atom stereocenters. The summed E-state index contributed by atoms with van der Waals surface area (Å²) in [6.07, 6.45) is 4.23. The Morgan fingerprint density at radius 2 is 2.15 bits per heavy atom. The second-order valence-electron chi connectivity index (χ2n) is 6.19. The van der Waals surface area contributed by atoms with Gasteiger partial charge >= 0.3 is 0 Å². The van der Waals surface area contributed by atoms with Gasteiger partial charge in [0.25, 0.3) is 0 Å². The molecule has 0 fully saturated rings. The van der Waals surface area contributed by atoms with Crippen molar-refractivity contribution < 1.29 is 4.39 Å². The fourth-order valence-corrected chi connectivity index (χ4v) is 3.67. The summed E-state index contributed by atoms with van der Waals surface area (Å²) >= 11 is 6.09. The number of anilines is 1. The molecule has 26 heavy (non-hydrogen) atoms.